The van der Waals surface area contributed by atoms with Gasteiger partial charge in [-0.1, -0.05) is 69.8 Å². The van der Waals surface area contributed by atoms with Gasteiger partial charge in [0.25, 0.3) is 0 Å². The SMILES string of the molecule is CCCCCC(C)(O)C=CC=CCCCCCCCC(=O)OO. The van der Waals surface area contributed by atoms with Crippen LogP contribution >= 0.6 is 0 Å². The summed E-state index contributed by atoms with van der Waals surface area (Å²) < 4.78 is 0. The number of aliphatic hydroxyl groups is 1. The zero-order chi connectivity index (χ0) is 17.4. The van der Waals surface area contributed by atoms with Crippen LogP contribution in [0.3, 0.4) is 0 Å². The highest BCUT2D eigenvalue weighted by atomic mass is 17.1. The number of rotatable bonds is 14. The maximum Gasteiger partial charge on any atom is 0.342 e. The molecule has 0 amide bonds. The van der Waals surface area contributed by atoms with Crippen LogP contribution in [0.25, 0.3) is 0 Å². The number of unbranched alkanes of at least 4 members (excludes halogenated alkanes) is 7. The lowest BCUT2D eigenvalue weighted by Crippen LogP contribution is -2.20. The summed E-state index contributed by atoms with van der Waals surface area (Å²) in [6.07, 6.45) is 18.6. The molecule has 0 aromatic carbocycles. The fourth-order valence-corrected chi connectivity index (χ4v) is 2.36. The molecule has 2 N–H and O–H groups in total. The molecule has 0 aromatic rings. The van der Waals surface area contributed by atoms with E-state index in [0.717, 1.165) is 51.4 Å². The maximum atomic E-state index is 10.7. The Hall–Kier alpha value is -1.13. The van der Waals surface area contributed by atoms with Crippen LogP contribution in [0, 0.1) is 0 Å². The molecular formula is C19H34O4. The van der Waals surface area contributed by atoms with Gasteiger partial charge in [0.15, 0.2) is 0 Å². The molecule has 4 heteroatoms. The molecule has 134 valence electrons. The van der Waals surface area contributed by atoms with Crippen molar-refractivity contribution >= 4 is 5.97 Å². The highest BCUT2D eigenvalue weighted by Crippen LogP contribution is 2.16. The van der Waals surface area contributed by atoms with Gasteiger partial charge in [0.2, 0.25) is 0 Å². The van der Waals surface area contributed by atoms with E-state index in [4.69, 9.17) is 5.26 Å². The highest BCUT2D eigenvalue weighted by molar-refractivity contribution is 5.68. The fraction of sp³-hybridized carbons (Fsp3) is 0.737. The zero-order valence-corrected chi connectivity index (χ0v) is 14.8. The van der Waals surface area contributed by atoms with Gasteiger partial charge in [0.1, 0.15) is 0 Å². The number of carbonyl (C=O) groups excluding carboxylic acids is 1. The topological polar surface area (TPSA) is 66.8 Å². The Morgan fingerprint density at radius 3 is 2.43 bits per heavy atom. The van der Waals surface area contributed by atoms with Crippen molar-refractivity contribution in [3.8, 4) is 0 Å². The molecule has 0 saturated carbocycles. The molecular weight excluding hydrogens is 292 g/mol. The second kappa shape index (κ2) is 14.5. The number of hydrogen-bond donors (Lipinski definition) is 2. The Balaban J connectivity index is 3.56. The van der Waals surface area contributed by atoms with Crippen molar-refractivity contribution in [3.63, 3.8) is 0 Å². The molecule has 0 spiro atoms. The standard InChI is InChI=1S/C19H34O4/c1-3-4-13-16-19(2,21)17-14-11-9-7-5-6-8-10-12-15-18(20)23-22/h9,11,14,17,21-22H,3-8,10,12-13,15-16H2,1-2H3. The van der Waals surface area contributed by atoms with Gasteiger partial charge in [-0.05, 0) is 32.6 Å². The monoisotopic (exact) mass is 326 g/mol. The van der Waals surface area contributed by atoms with E-state index < -0.39 is 11.6 Å². The van der Waals surface area contributed by atoms with E-state index in [1.165, 1.54) is 12.8 Å². The van der Waals surface area contributed by atoms with Crippen LogP contribution in [-0.2, 0) is 9.68 Å². The van der Waals surface area contributed by atoms with Gasteiger partial charge in [-0.25, -0.2) is 4.79 Å². The number of allylic oxidation sites excluding steroid dienone is 3. The van der Waals surface area contributed by atoms with Gasteiger partial charge < -0.3 is 9.99 Å². The molecule has 1 unspecified atom stereocenters. The minimum absolute atomic E-state index is 0.291. The first kappa shape index (κ1) is 21.9. The molecule has 0 aliphatic heterocycles. The second-order valence-electron chi connectivity index (χ2n) is 6.37. The lowest BCUT2D eigenvalue weighted by atomic mass is 9.98. The minimum Gasteiger partial charge on any atom is -0.386 e. The van der Waals surface area contributed by atoms with Crippen molar-refractivity contribution in [3.05, 3.63) is 24.3 Å². The first-order valence-electron chi connectivity index (χ1n) is 8.93. The first-order valence-corrected chi connectivity index (χ1v) is 8.93. The van der Waals surface area contributed by atoms with Gasteiger partial charge in [-0.15, -0.1) is 0 Å². The largest absolute Gasteiger partial charge is 0.386 e. The van der Waals surface area contributed by atoms with Crippen molar-refractivity contribution in [2.24, 2.45) is 0 Å². The molecule has 0 aliphatic rings. The summed E-state index contributed by atoms with van der Waals surface area (Å²) in [5, 5.41) is 18.3. The third-order valence-electron chi connectivity index (χ3n) is 3.84. The van der Waals surface area contributed by atoms with Crippen LogP contribution < -0.4 is 0 Å². The predicted molar refractivity (Wildman–Crippen MR) is 94.1 cm³/mol. The van der Waals surface area contributed by atoms with E-state index in [1.54, 1.807) is 0 Å². The van der Waals surface area contributed by atoms with E-state index in [2.05, 4.69) is 17.9 Å². The molecule has 0 aliphatic carbocycles. The predicted octanol–water partition coefficient (Wildman–Crippen LogP) is 5.18. The summed E-state index contributed by atoms with van der Waals surface area (Å²) in [5.41, 5.74) is -0.699. The Morgan fingerprint density at radius 2 is 1.74 bits per heavy atom. The van der Waals surface area contributed by atoms with Crippen LogP contribution in [0.5, 0.6) is 0 Å². The molecule has 0 radical (unpaired) electrons. The summed E-state index contributed by atoms with van der Waals surface area (Å²) in [5.74, 6) is -0.551. The Kier molecular flexibility index (Phi) is 13.8. The molecule has 23 heavy (non-hydrogen) atoms. The molecule has 0 bridgehead atoms. The molecule has 0 saturated heterocycles. The average Bonchev–Trinajstić information content (AvgIpc) is 2.52. The Morgan fingerprint density at radius 1 is 1.04 bits per heavy atom. The van der Waals surface area contributed by atoms with Crippen molar-refractivity contribution in [2.75, 3.05) is 0 Å². The smallest absolute Gasteiger partial charge is 0.342 e. The maximum absolute atomic E-state index is 10.7. The van der Waals surface area contributed by atoms with Crippen LogP contribution in [0.4, 0.5) is 0 Å². The zero-order valence-electron chi connectivity index (χ0n) is 14.8. The van der Waals surface area contributed by atoms with E-state index in [-0.39, 0.29) is 0 Å². The van der Waals surface area contributed by atoms with Gasteiger partial charge in [0, 0.05) is 6.42 Å². The summed E-state index contributed by atoms with van der Waals surface area (Å²) in [4.78, 5) is 14.3. The van der Waals surface area contributed by atoms with Crippen molar-refractivity contribution < 1.29 is 20.0 Å². The van der Waals surface area contributed by atoms with Crippen LogP contribution in [-0.4, -0.2) is 21.9 Å². The fourth-order valence-electron chi connectivity index (χ4n) is 2.36. The van der Waals surface area contributed by atoms with Crippen LogP contribution in [0.15, 0.2) is 24.3 Å². The number of carbonyl (C=O) groups is 1. The van der Waals surface area contributed by atoms with Crippen LogP contribution in [0.2, 0.25) is 0 Å². The quantitative estimate of drug-likeness (QED) is 0.200. The molecule has 0 aromatic heterocycles. The highest BCUT2D eigenvalue weighted by Gasteiger charge is 2.14. The summed E-state index contributed by atoms with van der Waals surface area (Å²) in [6, 6.07) is 0. The van der Waals surface area contributed by atoms with Gasteiger partial charge in [-0.3, -0.25) is 0 Å². The molecule has 1 atom stereocenters. The third-order valence-corrected chi connectivity index (χ3v) is 3.84. The normalized spacial score (nSPS) is 14.4. The number of hydrogen-bond acceptors (Lipinski definition) is 4. The summed E-state index contributed by atoms with van der Waals surface area (Å²) in [6.45, 7) is 4.02. The Bertz CT molecular complexity index is 345. The summed E-state index contributed by atoms with van der Waals surface area (Å²) in [7, 11) is 0. The molecule has 0 rings (SSSR count). The van der Waals surface area contributed by atoms with Crippen LogP contribution in [0.1, 0.15) is 84.5 Å². The van der Waals surface area contributed by atoms with E-state index in [1.807, 2.05) is 25.2 Å². The van der Waals surface area contributed by atoms with Crippen molar-refractivity contribution in [1.82, 2.24) is 0 Å². The average molecular weight is 326 g/mol. The van der Waals surface area contributed by atoms with Crippen molar-refractivity contribution in [2.45, 2.75) is 90.1 Å². The third kappa shape index (κ3) is 15.5. The molecule has 0 heterocycles. The van der Waals surface area contributed by atoms with Gasteiger partial charge in [-0.2, -0.15) is 5.26 Å². The van der Waals surface area contributed by atoms with E-state index in [9.17, 15) is 9.90 Å². The minimum atomic E-state index is -0.699. The summed E-state index contributed by atoms with van der Waals surface area (Å²) >= 11 is 0. The van der Waals surface area contributed by atoms with Crippen molar-refractivity contribution in [1.29, 1.82) is 0 Å². The van der Waals surface area contributed by atoms with E-state index in [0.29, 0.717) is 6.42 Å². The second-order valence-corrected chi connectivity index (χ2v) is 6.37. The molecule has 4 nitrogen and oxygen atoms in total. The first-order chi connectivity index (χ1) is 11.0. The lowest BCUT2D eigenvalue weighted by molar-refractivity contribution is -0.234. The van der Waals surface area contributed by atoms with Gasteiger partial charge >= 0.3 is 5.97 Å². The van der Waals surface area contributed by atoms with Gasteiger partial charge in [0.05, 0.1) is 5.60 Å². The van der Waals surface area contributed by atoms with E-state index >= 15 is 0 Å². The molecule has 0 fully saturated rings. The Labute approximate surface area is 141 Å². The lowest BCUT2D eigenvalue weighted by Gasteiger charge is -2.18.